The molecule has 1 atom stereocenters. The summed E-state index contributed by atoms with van der Waals surface area (Å²) in [6.07, 6.45) is -4.08. The Hall–Kier alpha value is -3.45. The number of halogens is 3. The number of rotatable bonds is 11. The molecule has 224 valence electrons. The highest BCUT2D eigenvalue weighted by Crippen LogP contribution is 2.31. The zero-order valence-corrected chi connectivity index (χ0v) is 23.7. The molecular formula is C28H34F3N3O6S. The first kappa shape index (κ1) is 32.1. The summed E-state index contributed by atoms with van der Waals surface area (Å²) in [5.74, 6) is -1.66. The third-order valence-electron chi connectivity index (χ3n) is 6.92. The van der Waals surface area contributed by atoms with Crippen LogP contribution in [-0.4, -0.2) is 66.2 Å². The van der Waals surface area contributed by atoms with Crippen molar-refractivity contribution in [1.82, 2.24) is 14.5 Å². The number of hydrogen-bond acceptors (Lipinski definition) is 5. The summed E-state index contributed by atoms with van der Waals surface area (Å²) >= 11 is 0. The number of carbonyl (C=O) groups is 3. The molecule has 9 nitrogen and oxygen atoms in total. The van der Waals surface area contributed by atoms with Crippen LogP contribution < -0.4 is 5.32 Å². The minimum absolute atomic E-state index is 0.0297. The molecule has 2 aromatic carbocycles. The summed E-state index contributed by atoms with van der Waals surface area (Å²) < 4.78 is 67.0. The molecule has 13 heteroatoms. The van der Waals surface area contributed by atoms with E-state index in [2.05, 4.69) is 5.32 Å². The Morgan fingerprint density at radius 1 is 0.976 bits per heavy atom. The molecule has 3 rings (SSSR count). The van der Waals surface area contributed by atoms with Gasteiger partial charge in [0.25, 0.3) is 0 Å². The van der Waals surface area contributed by atoms with E-state index in [1.54, 1.807) is 0 Å². The summed E-state index contributed by atoms with van der Waals surface area (Å²) in [7, 11) is -4.39. The van der Waals surface area contributed by atoms with Crippen LogP contribution >= 0.6 is 0 Å². The van der Waals surface area contributed by atoms with Crippen molar-refractivity contribution >= 4 is 27.8 Å². The molecule has 0 saturated carbocycles. The number of benzene rings is 2. The molecular weight excluding hydrogens is 563 g/mol. The highest BCUT2D eigenvalue weighted by atomic mass is 32.2. The minimum atomic E-state index is -4.64. The lowest BCUT2D eigenvalue weighted by molar-refractivity contribution is -0.139. The van der Waals surface area contributed by atoms with E-state index in [0.29, 0.717) is 30.9 Å². The van der Waals surface area contributed by atoms with Crippen molar-refractivity contribution in [1.29, 1.82) is 0 Å². The second-order valence-corrected chi connectivity index (χ2v) is 12.1. The van der Waals surface area contributed by atoms with Crippen LogP contribution in [0.15, 0.2) is 53.4 Å². The third kappa shape index (κ3) is 8.52. The number of nitrogens with zero attached hydrogens (tertiary/aromatic N) is 2. The van der Waals surface area contributed by atoms with Gasteiger partial charge in [-0.3, -0.25) is 14.4 Å². The van der Waals surface area contributed by atoms with E-state index in [-0.39, 0.29) is 44.9 Å². The Kier molecular flexibility index (Phi) is 10.5. The number of nitrogens with one attached hydrogen (secondary N) is 1. The molecule has 1 fully saturated rings. The molecule has 2 aromatic rings. The Bertz CT molecular complexity index is 1330. The highest BCUT2D eigenvalue weighted by molar-refractivity contribution is 7.89. The highest BCUT2D eigenvalue weighted by Gasteiger charge is 2.41. The smallest absolute Gasteiger partial charge is 0.416 e. The largest absolute Gasteiger partial charge is 0.481 e. The average molecular weight is 598 g/mol. The SMILES string of the molecule is CC(C)c1ccc(CNC(=O)[C@H]2CN(C(=O)CCCCC(=O)O)CCN2S(=O)(=O)c2ccc(C(F)(F)F)cc2)cc1. The summed E-state index contributed by atoms with van der Waals surface area (Å²) in [6, 6.07) is 9.26. The fraction of sp³-hybridized carbons (Fsp3) is 0.464. The van der Waals surface area contributed by atoms with Gasteiger partial charge >= 0.3 is 12.1 Å². The molecule has 0 unspecified atom stereocenters. The fourth-order valence-electron chi connectivity index (χ4n) is 4.48. The fourth-order valence-corrected chi connectivity index (χ4v) is 6.05. The van der Waals surface area contributed by atoms with E-state index in [0.717, 1.165) is 27.6 Å². The Balaban J connectivity index is 1.80. The maximum Gasteiger partial charge on any atom is 0.416 e. The van der Waals surface area contributed by atoms with E-state index in [4.69, 9.17) is 5.11 Å². The van der Waals surface area contributed by atoms with E-state index >= 15 is 0 Å². The summed E-state index contributed by atoms with van der Waals surface area (Å²) in [4.78, 5) is 37.9. The number of carbonyl (C=O) groups excluding carboxylic acids is 2. The molecule has 41 heavy (non-hydrogen) atoms. The molecule has 2 amide bonds. The lowest BCUT2D eigenvalue weighted by atomic mass is 10.0. The molecule has 0 bridgehead atoms. The number of alkyl halides is 3. The second-order valence-electron chi connectivity index (χ2n) is 10.2. The van der Waals surface area contributed by atoms with Gasteiger partial charge in [-0.1, -0.05) is 38.1 Å². The van der Waals surface area contributed by atoms with E-state index < -0.39 is 44.6 Å². The first-order valence-electron chi connectivity index (χ1n) is 13.3. The Morgan fingerprint density at radius 3 is 2.15 bits per heavy atom. The number of amides is 2. The van der Waals surface area contributed by atoms with Crippen molar-refractivity contribution in [2.45, 2.75) is 69.1 Å². The van der Waals surface area contributed by atoms with Crippen LogP contribution in [-0.2, 0) is 37.1 Å². The van der Waals surface area contributed by atoms with Gasteiger partial charge in [-0.05, 0) is 54.2 Å². The Labute approximate surface area is 237 Å². The van der Waals surface area contributed by atoms with Gasteiger partial charge in [-0.15, -0.1) is 0 Å². The zero-order valence-electron chi connectivity index (χ0n) is 22.9. The van der Waals surface area contributed by atoms with Crippen LogP contribution in [0.2, 0.25) is 0 Å². The lowest BCUT2D eigenvalue weighted by Crippen LogP contribution is -2.61. The summed E-state index contributed by atoms with van der Waals surface area (Å²) in [6.45, 7) is 3.67. The van der Waals surface area contributed by atoms with Gasteiger partial charge in [0.2, 0.25) is 21.8 Å². The zero-order chi connectivity index (χ0) is 30.4. The predicted molar refractivity (Wildman–Crippen MR) is 144 cm³/mol. The molecule has 1 aliphatic rings. The predicted octanol–water partition coefficient (Wildman–Crippen LogP) is 3.99. The van der Waals surface area contributed by atoms with Crippen LogP contribution in [0.3, 0.4) is 0 Å². The molecule has 0 aromatic heterocycles. The first-order chi connectivity index (χ1) is 19.2. The number of carboxylic acids is 1. The van der Waals surface area contributed by atoms with Gasteiger partial charge in [-0.25, -0.2) is 8.42 Å². The molecule has 1 aliphatic heterocycles. The standard InChI is InChI=1S/C28H34F3N3O6S/c1-19(2)21-9-7-20(8-10-21)17-32-27(38)24-18-33(25(35)5-3-4-6-26(36)37)15-16-34(24)41(39,40)23-13-11-22(12-14-23)28(29,30)31/h7-14,19,24H,3-6,15-18H2,1-2H3,(H,32,38)(H,36,37)/t24-/m1/s1. The Morgan fingerprint density at radius 2 is 1.59 bits per heavy atom. The monoisotopic (exact) mass is 597 g/mol. The molecule has 1 saturated heterocycles. The summed E-state index contributed by atoms with van der Waals surface area (Å²) in [5, 5.41) is 11.5. The van der Waals surface area contributed by atoms with Crippen molar-refractivity contribution in [3.8, 4) is 0 Å². The van der Waals surface area contributed by atoms with E-state index in [1.165, 1.54) is 4.90 Å². The minimum Gasteiger partial charge on any atom is -0.481 e. The normalized spacial score (nSPS) is 16.5. The van der Waals surface area contributed by atoms with Crippen LogP contribution in [0.25, 0.3) is 0 Å². The lowest BCUT2D eigenvalue weighted by Gasteiger charge is -2.39. The molecule has 1 heterocycles. The molecule has 2 N–H and O–H groups in total. The van der Waals surface area contributed by atoms with E-state index in [1.807, 2.05) is 38.1 Å². The van der Waals surface area contributed by atoms with Crippen molar-refractivity contribution in [2.75, 3.05) is 19.6 Å². The third-order valence-corrected chi connectivity index (χ3v) is 8.84. The van der Waals surface area contributed by atoms with Gasteiger partial charge in [0.05, 0.1) is 10.5 Å². The van der Waals surface area contributed by atoms with Crippen molar-refractivity contribution < 1.29 is 41.1 Å². The van der Waals surface area contributed by atoms with Gasteiger partial charge < -0.3 is 15.3 Å². The maximum atomic E-state index is 13.5. The van der Waals surface area contributed by atoms with Gasteiger partial charge in [-0.2, -0.15) is 17.5 Å². The van der Waals surface area contributed by atoms with Crippen molar-refractivity contribution in [2.24, 2.45) is 0 Å². The second kappa shape index (κ2) is 13.5. The number of aliphatic carboxylic acids is 1. The van der Waals surface area contributed by atoms with Crippen molar-refractivity contribution in [3.63, 3.8) is 0 Å². The molecule has 0 aliphatic carbocycles. The average Bonchev–Trinajstić information content (AvgIpc) is 2.93. The van der Waals surface area contributed by atoms with Gasteiger partial charge in [0.1, 0.15) is 6.04 Å². The van der Waals surface area contributed by atoms with Crippen LogP contribution in [0.1, 0.15) is 62.1 Å². The first-order valence-corrected chi connectivity index (χ1v) is 14.7. The molecule has 0 spiro atoms. The van der Waals surface area contributed by atoms with Gasteiger partial charge in [0.15, 0.2) is 0 Å². The van der Waals surface area contributed by atoms with Gasteiger partial charge in [0, 0.05) is 39.0 Å². The van der Waals surface area contributed by atoms with Crippen LogP contribution in [0.5, 0.6) is 0 Å². The topological polar surface area (TPSA) is 124 Å². The number of piperazine rings is 1. The summed E-state index contributed by atoms with van der Waals surface area (Å²) in [5.41, 5.74) is 0.883. The van der Waals surface area contributed by atoms with Crippen molar-refractivity contribution in [3.05, 3.63) is 65.2 Å². The number of unbranched alkanes of at least 4 members (excludes halogenated alkanes) is 1. The van der Waals surface area contributed by atoms with Crippen LogP contribution in [0, 0.1) is 0 Å². The van der Waals surface area contributed by atoms with Crippen LogP contribution in [0.4, 0.5) is 13.2 Å². The maximum absolute atomic E-state index is 13.5. The number of sulfonamides is 1. The van der Waals surface area contributed by atoms with E-state index in [9.17, 15) is 36.0 Å². The quantitative estimate of drug-likeness (QED) is 0.378. The molecule has 0 radical (unpaired) electrons. The number of hydrogen-bond donors (Lipinski definition) is 2. The number of carboxylic acid groups (broad SMARTS) is 1.